The highest BCUT2D eigenvalue weighted by molar-refractivity contribution is 8.18. The number of halogens is 2. The molecule has 0 aromatic heterocycles. The first-order chi connectivity index (χ1) is 15.1. The van der Waals surface area contributed by atoms with Crippen LogP contribution in [0.5, 0.6) is 11.5 Å². The predicted molar refractivity (Wildman–Crippen MR) is 114 cm³/mol. The number of carbonyl (C=O) groups is 3. The molecule has 0 radical (unpaired) electrons. The molecular formula is C20H14ClFN2O7S. The van der Waals surface area contributed by atoms with E-state index in [2.05, 4.69) is 0 Å². The first-order valence-corrected chi connectivity index (χ1v) is 10.0. The van der Waals surface area contributed by atoms with Crippen LogP contribution in [-0.2, 0) is 16.1 Å². The lowest BCUT2D eigenvalue weighted by molar-refractivity contribution is -0.386. The smallest absolute Gasteiger partial charge is 0.353 e. The molecule has 1 heterocycles. The summed E-state index contributed by atoms with van der Waals surface area (Å²) in [6.07, 6.45) is 1.26. The van der Waals surface area contributed by atoms with Gasteiger partial charge in [0.15, 0.2) is 0 Å². The topological polar surface area (TPSA) is 116 Å². The zero-order valence-electron chi connectivity index (χ0n) is 16.6. The number of rotatable bonds is 6. The van der Waals surface area contributed by atoms with Gasteiger partial charge >= 0.3 is 11.7 Å². The van der Waals surface area contributed by atoms with Crippen molar-refractivity contribution in [3.8, 4) is 11.5 Å². The highest BCUT2D eigenvalue weighted by Crippen LogP contribution is 2.42. The second-order valence-electron chi connectivity index (χ2n) is 6.39. The van der Waals surface area contributed by atoms with Crippen LogP contribution in [-0.4, -0.2) is 34.0 Å². The molecule has 32 heavy (non-hydrogen) atoms. The number of thioether (sulfide) groups is 1. The maximum atomic E-state index is 13.2. The van der Waals surface area contributed by atoms with Gasteiger partial charge < -0.3 is 9.47 Å². The van der Waals surface area contributed by atoms with Crippen molar-refractivity contribution in [2.24, 2.45) is 0 Å². The number of methoxy groups -OCH3 is 1. The molecule has 12 heteroatoms. The van der Waals surface area contributed by atoms with Gasteiger partial charge in [0.25, 0.3) is 11.1 Å². The summed E-state index contributed by atoms with van der Waals surface area (Å²) in [5.74, 6) is -2.55. The van der Waals surface area contributed by atoms with E-state index in [1.165, 1.54) is 31.4 Å². The van der Waals surface area contributed by atoms with Crippen LogP contribution in [0.25, 0.3) is 6.08 Å². The number of hydrogen-bond donors (Lipinski definition) is 0. The van der Waals surface area contributed by atoms with Gasteiger partial charge in [0.2, 0.25) is 11.5 Å². The summed E-state index contributed by atoms with van der Waals surface area (Å²) in [4.78, 5) is 48.1. The molecular weight excluding hydrogens is 467 g/mol. The highest BCUT2D eigenvalue weighted by atomic mass is 35.5. The first kappa shape index (κ1) is 23.2. The molecule has 0 unspecified atom stereocenters. The van der Waals surface area contributed by atoms with Crippen LogP contribution in [0.2, 0.25) is 5.02 Å². The minimum absolute atomic E-state index is 0.0129. The molecule has 0 spiro atoms. The maximum absolute atomic E-state index is 13.2. The van der Waals surface area contributed by atoms with Crippen LogP contribution in [0.1, 0.15) is 18.1 Å². The van der Waals surface area contributed by atoms with E-state index in [0.717, 1.165) is 24.0 Å². The first-order valence-electron chi connectivity index (χ1n) is 8.85. The van der Waals surface area contributed by atoms with Gasteiger partial charge in [-0.1, -0.05) is 17.7 Å². The minimum Gasteiger partial charge on any atom is -0.490 e. The fraction of sp³-hybridized carbons (Fsp3) is 0.150. The second kappa shape index (κ2) is 9.37. The van der Waals surface area contributed by atoms with Crippen molar-refractivity contribution in [2.75, 3.05) is 7.11 Å². The largest absolute Gasteiger partial charge is 0.490 e. The second-order valence-corrected chi connectivity index (χ2v) is 7.79. The van der Waals surface area contributed by atoms with Crippen molar-refractivity contribution in [3.63, 3.8) is 0 Å². The van der Waals surface area contributed by atoms with Crippen LogP contribution < -0.4 is 9.47 Å². The Bertz CT molecular complexity index is 1180. The zero-order chi connectivity index (χ0) is 23.6. The molecule has 9 nitrogen and oxygen atoms in total. The van der Waals surface area contributed by atoms with Gasteiger partial charge in [0, 0.05) is 17.5 Å². The Morgan fingerprint density at radius 2 is 2.03 bits per heavy atom. The number of esters is 1. The summed E-state index contributed by atoms with van der Waals surface area (Å²) in [6.45, 7) is 0.914. The Kier molecular flexibility index (Phi) is 6.80. The monoisotopic (exact) mass is 480 g/mol. The number of hydrogen-bond acceptors (Lipinski definition) is 8. The van der Waals surface area contributed by atoms with E-state index in [1.54, 1.807) is 0 Å². The third kappa shape index (κ3) is 4.73. The molecule has 2 aromatic carbocycles. The lowest BCUT2D eigenvalue weighted by atomic mass is 10.1. The zero-order valence-corrected chi connectivity index (χ0v) is 18.2. The summed E-state index contributed by atoms with van der Waals surface area (Å²) < 4.78 is 23.2. The van der Waals surface area contributed by atoms with Crippen molar-refractivity contribution in [3.05, 3.63) is 67.3 Å². The number of imide groups is 1. The summed E-state index contributed by atoms with van der Waals surface area (Å²) >= 11 is 6.60. The Labute approximate surface area is 189 Å². The lowest BCUT2D eigenvalue weighted by Gasteiger charge is -2.13. The molecule has 1 aliphatic heterocycles. The fourth-order valence-electron chi connectivity index (χ4n) is 2.90. The quantitative estimate of drug-likeness (QED) is 0.194. The normalized spacial score (nSPS) is 14.8. The van der Waals surface area contributed by atoms with Crippen LogP contribution in [0.4, 0.5) is 14.9 Å². The van der Waals surface area contributed by atoms with Crippen LogP contribution in [0.3, 0.4) is 0 Å². The van der Waals surface area contributed by atoms with E-state index in [4.69, 9.17) is 21.1 Å². The number of nitro benzene ring substituents is 1. The van der Waals surface area contributed by atoms with Crippen LogP contribution >= 0.6 is 23.4 Å². The molecule has 0 N–H and O–H groups in total. The summed E-state index contributed by atoms with van der Waals surface area (Å²) in [7, 11) is 1.18. The number of nitro groups is 1. The van der Waals surface area contributed by atoms with Gasteiger partial charge in [-0.05, 0) is 47.7 Å². The number of carbonyl (C=O) groups excluding carboxylic acids is 3. The van der Waals surface area contributed by atoms with Crippen LogP contribution in [0.15, 0.2) is 35.2 Å². The Morgan fingerprint density at radius 3 is 2.62 bits per heavy atom. The molecule has 2 aromatic rings. The SMILES string of the molecule is COc1c(/C=C2\SC(=O)N(Cc3ccc(F)cc3Cl)C2=O)ccc(OC(C)=O)c1[N+](=O)[O-]. The van der Waals surface area contributed by atoms with Gasteiger partial charge in [0.1, 0.15) is 5.82 Å². The molecule has 1 aliphatic rings. The van der Waals surface area contributed by atoms with E-state index < -0.39 is 33.5 Å². The molecule has 0 saturated carbocycles. The van der Waals surface area contributed by atoms with Gasteiger partial charge in [-0.15, -0.1) is 0 Å². The van der Waals surface area contributed by atoms with E-state index >= 15 is 0 Å². The molecule has 3 rings (SSSR count). The van der Waals surface area contributed by atoms with E-state index in [9.17, 15) is 28.9 Å². The molecule has 0 bridgehead atoms. The predicted octanol–water partition coefficient (Wildman–Crippen LogP) is 4.56. The Hall–Kier alpha value is -3.44. The lowest BCUT2D eigenvalue weighted by Crippen LogP contribution is -2.27. The van der Waals surface area contributed by atoms with Gasteiger partial charge in [-0.25, -0.2) is 4.39 Å². The van der Waals surface area contributed by atoms with Crippen molar-refractivity contribution in [1.29, 1.82) is 0 Å². The molecule has 166 valence electrons. The number of ether oxygens (including phenoxy) is 2. The fourth-order valence-corrected chi connectivity index (χ4v) is 3.96. The molecule has 1 saturated heterocycles. The third-order valence-electron chi connectivity index (χ3n) is 4.27. The van der Waals surface area contributed by atoms with E-state index in [-0.39, 0.29) is 33.5 Å². The number of benzene rings is 2. The van der Waals surface area contributed by atoms with Gasteiger partial charge in [-0.2, -0.15) is 0 Å². The molecule has 1 fully saturated rings. The summed E-state index contributed by atoms with van der Waals surface area (Å²) in [6, 6.07) is 6.14. The van der Waals surface area contributed by atoms with Crippen molar-refractivity contribution < 1.29 is 33.2 Å². The highest BCUT2D eigenvalue weighted by Gasteiger charge is 2.36. The van der Waals surface area contributed by atoms with Crippen LogP contribution in [0, 0.1) is 15.9 Å². The standard InChI is InChI=1S/C20H14ClFN2O7S/c1-10(25)31-15-6-4-11(18(30-2)17(15)24(28)29)7-16-19(26)23(20(27)32-16)9-12-3-5-13(22)8-14(12)21/h3-8H,9H2,1-2H3/b16-7-. The third-order valence-corrected chi connectivity index (χ3v) is 5.53. The molecule has 2 amide bonds. The molecule has 0 atom stereocenters. The van der Waals surface area contributed by atoms with Crippen molar-refractivity contribution in [1.82, 2.24) is 4.90 Å². The minimum atomic E-state index is -0.781. The number of nitrogens with zero attached hydrogens (tertiary/aromatic N) is 2. The van der Waals surface area contributed by atoms with E-state index in [0.29, 0.717) is 17.3 Å². The summed E-state index contributed by atoms with van der Waals surface area (Å²) in [5, 5.41) is 11.0. The number of amides is 2. The van der Waals surface area contributed by atoms with Gasteiger partial charge in [-0.3, -0.25) is 29.4 Å². The Morgan fingerprint density at radius 1 is 1.31 bits per heavy atom. The van der Waals surface area contributed by atoms with Crippen molar-refractivity contribution >= 4 is 52.2 Å². The van der Waals surface area contributed by atoms with E-state index in [1.807, 2.05) is 0 Å². The maximum Gasteiger partial charge on any atom is 0.353 e. The average Bonchev–Trinajstić information content (AvgIpc) is 2.97. The van der Waals surface area contributed by atoms with Gasteiger partial charge in [0.05, 0.1) is 23.5 Å². The average molecular weight is 481 g/mol. The summed E-state index contributed by atoms with van der Waals surface area (Å²) in [5.41, 5.74) is -0.107. The Balaban J connectivity index is 1.97. The molecule has 0 aliphatic carbocycles. The van der Waals surface area contributed by atoms with Crippen molar-refractivity contribution in [2.45, 2.75) is 13.5 Å².